The van der Waals surface area contributed by atoms with E-state index in [2.05, 4.69) is 15.4 Å². The molecule has 1 aliphatic rings. The summed E-state index contributed by atoms with van der Waals surface area (Å²) in [4.78, 5) is 31.3. The van der Waals surface area contributed by atoms with Crippen molar-refractivity contribution in [3.8, 4) is 0 Å². The number of aryl methyl sites for hydroxylation is 1. The van der Waals surface area contributed by atoms with E-state index in [0.29, 0.717) is 24.6 Å². The summed E-state index contributed by atoms with van der Waals surface area (Å²) in [6.07, 6.45) is 3.52. The highest BCUT2D eigenvalue weighted by Gasteiger charge is 2.26. The minimum absolute atomic E-state index is 0.0513. The van der Waals surface area contributed by atoms with Crippen molar-refractivity contribution in [2.75, 3.05) is 18.4 Å². The second-order valence-corrected chi connectivity index (χ2v) is 8.21. The molecule has 2 amide bonds. The Balaban J connectivity index is 1.31. The lowest BCUT2D eigenvalue weighted by Crippen LogP contribution is -2.38. The van der Waals surface area contributed by atoms with Crippen molar-refractivity contribution in [3.05, 3.63) is 64.0 Å². The van der Waals surface area contributed by atoms with Crippen LogP contribution in [0.3, 0.4) is 0 Å². The molecule has 0 spiro atoms. The van der Waals surface area contributed by atoms with Gasteiger partial charge in [0.15, 0.2) is 0 Å². The number of nitrogens with zero attached hydrogens (tertiary/aromatic N) is 4. The van der Waals surface area contributed by atoms with Crippen molar-refractivity contribution in [3.63, 3.8) is 0 Å². The lowest BCUT2D eigenvalue weighted by atomic mass is 9.97. The molecule has 9 heteroatoms. The molecule has 0 saturated carbocycles. The molecule has 156 valence electrons. The highest BCUT2D eigenvalue weighted by molar-refractivity contribution is 7.10. The van der Waals surface area contributed by atoms with Gasteiger partial charge in [0.1, 0.15) is 17.3 Å². The molecule has 3 heterocycles. The summed E-state index contributed by atoms with van der Waals surface area (Å²) in [6, 6.07) is 7.77. The highest BCUT2D eigenvalue weighted by atomic mass is 32.1. The molecule has 0 bridgehead atoms. The van der Waals surface area contributed by atoms with Gasteiger partial charge in [-0.15, -0.1) is 11.3 Å². The number of halogens is 1. The normalized spacial score (nSPS) is 14.7. The average molecular weight is 428 g/mol. The molecule has 1 aromatic carbocycles. The van der Waals surface area contributed by atoms with E-state index in [1.807, 2.05) is 4.90 Å². The minimum atomic E-state index is -0.302. The Morgan fingerprint density at radius 3 is 2.60 bits per heavy atom. The summed E-state index contributed by atoms with van der Waals surface area (Å²) >= 11 is 1.48. The van der Waals surface area contributed by atoms with E-state index in [0.717, 1.165) is 23.4 Å². The third kappa shape index (κ3) is 4.56. The number of rotatable bonds is 5. The van der Waals surface area contributed by atoms with Crippen LogP contribution in [0.2, 0.25) is 0 Å². The number of aromatic nitrogens is 3. The fourth-order valence-corrected chi connectivity index (χ4v) is 4.49. The molecule has 0 aliphatic carbocycles. The van der Waals surface area contributed by atoms with E-state index in [-0.39, 0.29) is 30.0 Å². The standard InChI is InChI=1S/C21H22FN5O2S/c1-26-18(6-9-23-26)25-20(29)17-13-30-21(24-17)15-7-10-27(11-8-15)19(28)12-14-2-4-16(22)5-3-14/h2-6,9,13,15H,7-8,10-12H2,1H3,(H,25,29). The maximum absolute atomic E-state index is 13.0. The molecule has 1 N–H and O–H groups in total. The number of piperidine rings is 1. The third-order valence-electron chi connectivity index (χ3n) is 5.28. The lowest BCUT2D eigenvalue weighted by molar-refractivity contribution is -0.131. The number of hydrogen-bond donors (Lipinski definition) is 1. The summed E-state index contributed by atoms with van der Waals surface area (Å²) in [6.45, 7) is 1.31. The summed E-state index contributed by atoms with van der Waals surface area (Å²) < 4.78 is 14.6. The van der Waals surface area contributed by atoms with Crippen LogP contribution in [0.5, 0.6) is 0 Å². The second-order valence-electron chi connectivity index (χ2n) is 7.32. The molecule has 0 atom stereocenters. The van der Waals surface area contributed by atoms with Crippen LogP contribution in [0.25, 0.3) is 0 Å². The van der Waals surface area contributed by atoms with E-state index < -0.39 is 0 Å². The molecule has 1 fully saturated rings. The Hall–Kier alpha value is -3.07. The quantitative estimate of drug-likeness (QED) is 0.678. The van der Waals surface area contributed by atoms with E-state index in [1.54, 1.807) is 41.5 Å². The number of nitrogens with one attached hydrogen (secondary N) is 1. The fraction of sp³-hybridized carbons (Fsp3) is 0.333. The molecule has 1 saturated heterocycles. The van der Waals surface area contributed by atoms with Gasteiger partial charge in [0.25, 0.3) is 5.91 Å². The molecular formula is C21H22FN5O2S. The Kier molecular flexibility index (Phi) is 5.89. The number of hydrogen-bond acceptors (Lipinski definition) is 5. The van der Waals surface area contributed by atoms with Crippen molar-refractivity contribution >= 4 is 29.0 Å². The predicted octanol–water partition coefficient (Wildman–Crippen LogP) is 3.22. The van der Waals surface area contributed by atoms with Gasteiger partial charge in [-0.3, -0.25) is 14.3 Å². The Bertz CT molecular complexity index is 1040. The zero-order valence-corrected chi connectivity index (χ0v) is 17.4. The van der Waals surface area contributed by atoms with Crippen LogP contribution in [0, 0.1) is 5.82 Å². The van der Waals surface area contributed by atoms with E-state index in [4.69, 9.17) is 0 Å². The first-order chi connectivity index (χ1) is 14.5. The number of amides is 2. The lowest BCUT2D eigenvalue weighted by Gasteiger charge is -2.31. The van der Waals surface area contributed by atoms with Gasteiger partial charge in [-0.2, -0.15) is 5.10 Å². The minimum Gasteiger partial charge on any atom is -0.342 e. The van der Waals surface area contributed by atoms with Crippen LogP contribution in [0.15, 0.2) is 41.9 Å². The molecule has 7 nitrogen and oxygen atoms in total. The van der Waals surface area contributed by atoms with Gasteiger partial charge < -0.3 is 10.2 Å². The molecule has 4 rings (SSSR count). The van der Waals surface area contributed by atoms with Gasteiger partial charge in [0, 0.05) is 37.5 Å². The number of anilines is 1. The number of benzene rings is 1. The van der Waals surface area contributed by atoms with Crippen molar-refractivity contribution in [2.45, 2.75) is 25.2 Å². The number of carbonyl (C=O) groups is 2. The van der Waals surface area contributed by atoms with Gasteiger partial charge >= 0.3 is 0 Å². The first-order valence-corrected chi connectivity index (χ1v) is 10.6. The topological polar surface area (TPSA) is 80.1 Å². The molecule has 0 unspecified atom stereocenters. The van der Waals surface area contributed by atoms with E-state index in [9.17, 15) is 14.0 Å². The fourth-order valence-electron chi connectivity index (χ4n) is 3.52. The maximum atomic E-state index is 13.0. The number of carbonyl (C=O) groups excluding carboxylic acids is 2. The first kappa shape index (κ1) is 20.2. The molecule has 2 aromatic heterocycles. The number of thiazole rings is 1. The van der Waals surface area contributed by atoms with Gasteiger partial charge in [-0.25, -0.2) is 9.37 Å². The van der Waals surface area contributed by atoms with Crippen molar-refractivity contribution in [2.24, 2.45) is 7.05 Å². The Morgan fingerprint density at radius 1 is 1.20 bits per heavy atom. The van der Waals surface area contributed by atoms with Crippen LogP contribution >= 0.6 is 11.3 Å². The Labute approximate surface area is 177 Å². The van der Waals surface area contributed by atoms with Crippen molar-refractivity contribution in [1.82, 2.24) is 19.7 Å². The molecule has 1 aliphatic heterocycles. The monoisotopic (exact) mass is 427 g/mol. The van der Waals surface area contributed by atoms with Crippen LogP contribution in [-0.4, -0.2) is 44.6 Å². The van der Waals surface area contributed by atoms with Crippen LogP contribution < -0.4 is 5.32 Å². The van der Waals surface area contributed by atoms with Crippen molar-refractivity contribution < 1.29 is 14.0 Å². The summed E-state index contributed by atoms with van der Waals surface area (Å²) in [7, 11) is 1.76. The SMILES string of the molecule is Cn1nccc1NC(=O)c1csc(C2CCN(C(=O)Cc3ccc(F)cc3)CC2)n1. The van der Waals surface area contributed by atoms with E-state index >= 15 is 0 Å². The molecule has 3 aromatic rings. The first-order valence-electron chi connectivity index (χ1n) is 9.76. The summed E-state index contributed by atoms with van der Waals surface area (Å²) in [5, 5.41) is 9.53. The summed E-state index contributed by atoms with van der Waals surface area (Å²) in [5.41, 5.74) is 1.21. The predicted molar refractivity (Wildman–Crippen MR) is 112 cm³/mol. The smallest absolute Gasteiger partial charge is 0.276 e. The van der Waals surface area contributed by atoms with Gasteiger partial charge in [-0.1, -0.05) is 12.1 Å². The highest BCUT2D eigenvalue weighted by Crippen LogP contribution is 2.30. The zero-order valence-electron chi connectivity index (χ0n) is 16.5. The van der Waals surface area contributed by atoms with E-state index in [1.165, 1.54) is 23.5 Å². The van der Waals surface area contributed by atoms with Gasteiger partial charge in [0.05, 0.1) is 17.6 Å². The van der Waals surface area contributed by atoms with Crippen molar-refractivity contribution in [1.29, 1.82) is 0 Å². The molecular weight excluding hydrogens is 405 g/mol. The maximum Gasteiger partial charge on any atom is 0.276 e. The molecule has 30 heavy (non-hydrogen) atoms. The van der Waals surface area contributed by atoms with Gasteiger partial charge in [0.2, 0.25) is 5.91 Å². The second kappa shape index (κ2) is 8.74. The number of likely N-dealkylation sites (tertiary alicyclic amines) is 1. The molecule has 0 radical (unpaired) electrons. The van der Waals surface area contributed by atoms with Crippen LogP contribution in [0.4, 0.5) is 10.2 Å². The van der Waals surface area contributed by atoms with Crippen LogP contribution in [-0.2, 0) is 18.3 Å². The summed E-state index contributed by atoms with van der Waals surface area (Å²) in [5.74, 6) is 0.345. The zero-order chi connectivity index (χ0) is 21.1. The third-order valence-corrected chi connectivity index (χ3v) is 6.29. The Morgan fingerprint density at radius 2 is 1.93 bits per heavy atom. The van der Waals surface area contributed by atoms with Crippen LogP contribution in [0.1, 0.15) is 39.8 Å². The average Bonchev–Trinajstić information content (AvgIpc) is 3.39. The largest absolute Gasteiger partial charge is 0.342 e. The van der Waals surface area contributed by atoms with Gasteiger partial charge in [-0.05, 0) is 30.5 Å².